The van der Waals surface area contributed by atoms with Crippen LogP contribution in [0.1, 0.15) is 33.0 Å². The lowest BCUT2D eigenvalue weighted by molar-refractivity contribution is 0.376. The molecule has 0 spiro atoms. The summed E-state index contributed by atoms with van der Waals surface area (Å²) in [6.45, 7) is 8.33. The first kappa shape index (κ1) is 12.9. The molecule has 1 heterocycles. The molecule has 0 radical (unpaired) electrons. The molecule has 0 fully saturated rings. The number of nitrogens with zero attached hydrogens (tertiary/aromatic N) is 2. The van der Waals surface area contributed by atoms with Crippen LogP contribution in [0.25, 0.3) is 0 Å². The molecule has 1 aromatic rings. The van der Waals surface area contributed by atoms with Gasteiger partial charge in [-0.2, -0.15) is 0 Å². The van der Waals surface area contributed by atoms with E-state index in [1.165, 1.54) is 0 Å². The molecule has 0 bridgehead atoms. The van der Waals surface area contributed by atoms with E-state index in [1.54, 1.807) is 6.20 Å². The summed E-state index contributed by atoms with van der Waals surface area (Å²) in [5.74, 6) is 1.73. The highest BCUT2D eigenvalue weighted by molar-refractivity contribution is 5.33. The molecule has 0 amide bonds. The summed E-state index contributed by atoms with van der Waals surface area (Å²) >= 11 is 0. The van der Waals surface area contributed by atoms with Crippen LogP contribution in [-0.2, 0) is 6.54 Å². The minimum absolute atomic E-state index is 0.300. The Morgan fingerprint density at radius 3 is 2.75 bits per heavy atom. The van der Waals surface area contributed by atoms with Gasteiger partial charge >= 0.3 is 0 Å². The van der Waals surface area contributed by atoms with E-state index in [-0.39, 0.29) is 0 Å². The number of hydrogen-bond acceptors (Lipinski definition) is 4. The standard InChI is InChI=1S/C12H22N4/c1-5-12(2,3)9-15-10-6-7-14-11(16-10)8-13-4/h6-7,13H,5,8-9H2,1-4H3,(H,14,15,16). The van der Waals surface area contributed by atoms with Gasteiger partial charge in [0.25, 0.3) is 0 Å². The summed E-state index contributed by atoms with van der Waals surface area (Å²) < 4.78 is 0. The van der Waals surface area contributed by atoms with Crippen molar-refractivity contribution in [2.24, 2.45) is 5.41 Å². The van der Waals surface area contributed by atoms with Crippen molar-refractivity contribution in [3.8, 4) is 0 Å². The molecule has 0 aliphatic rings. The second-order valence-corrected chi connectivity index (χ2v) is 4.76. The molecule has 0 aliphatic carbocycles. The van der Waals surface area contributed by atoms with Gasteiger partial charge in [0, 0.05) is 12.7 Å². The largest absolute Gasteiger partial charge is 0.369 e. The van der Waals surface area contributed by atoms with Gasteiger partial charge in [0.15, 0.2) is 0 Å². The first-order valence-electron chi connectivity index (χ1n) is 5.78. The Morgan fingerprint density at radius 1 is 1.38 bits per heavy atom. The molecular weight excluding hydrogens is 200 g/mol. The summed E-state index contributed by atoms with van der Waals surface area (Å²) in [6, 6.07) is 1.91. The zero-order valence-electron chi connectivity index (χ0n) is 10.7. The van der Waals surface area contributed by atoms with Gasteiger partial charge in [-0.15, -0.1) is 0 Å². The van der Waals surface area contributed by atoms with Gasteiger partial charge in [-0.25, -0.2) is 9.97 Å². The average Bonchev–Trinajstić information content (AvgIpc) is 2.28. The fraction of sp³-hybridized carbons (Fsp3) is 0.667. The molecule has 1 rings (SSSR count). The second-order valence-electron chi connectivity index (χ2n) is 4.76. The Morgan fingerprint density at radius 2 is 2.12 bits per heavy atom. The lowest BCUT2D eigenvalue weighted by Crippen LogP contribution is -2.22. The van der Waals surface area contributed by atoms with Gasteiger partial charge in [0.1, 0.15) is 11.6 Å². The van der Waals surface area contributed by atoms with Crippen molar-refractivity contribution in [3.63, 3.8) is 0 Å². The maximum atomic E-state index is 4.42. The number of rotatable bonds is 6. The molecular formula is C12H22N4. The molecule has 0 saturated heterocycles. The Hall–Kier alpha value is -1.16. The Labute approximate surface area is 97.9 Å². The maximum Gasteiger partial charge on any atom is 0.144 e. The van der Waals surface area contributed by atoms with E-state index in [0.29, 0.717) is 12.0 Å². The Bertz CT molecular complexity index is 323. The van der Waals surface area contributed by atoms with Crippen LogP contribution < -0.4 is 10.6 Å². The number of aromatic nitrogens is 2. The summed E-state index contributed by atoms with van der Waals surface area (Å²) in [6.07, 6.45) is 2.94. The maximum absolute atomic E-state index is 4.42. The number of hydrogen-bond donors (Lipinski definition) is 2. The minimum Gasteiger partial charge on any atom is -0.369 e. The molecule has 0 aromatic carbocycles. The Kier molecular flexibility index (Phi) is 4.68. The van der Waals surface area contributed by atoms with E-state index >= 15 is 0 Å². The molecule has 0 aliphatic heterocycles. The van der Waals surface area contributed by atoms with E-state index in [9.17, 15) is 0 Å². The molecule has 0 saturated carbocycles. The number of anilines is 1. The fourth-order valence-corrected chi connectivity index (χ4v) is 1.20. The van der Waals surface area contributed by atoms with Crippen molar-refractivity contribution in [2.45, 2.75) is 33.7 Å². The first-order valence-corrected chi connectivity index (χ1v) is 5.78. The van der Waals surface area contributed by atoms with E-state index in [0.717, 1.165) is 24.6 Å². The van der Waals surface area contributed by atoms with Gasteiger partial charge < -0.3 is 10.6 Å². The highest BCUT2D eigenvalue weighted by Gasteiger charge is 2.14. The average molecular weight is 222 g/mol. The molecule has 16 heavy (non-hydrogen) atoms. The fourth-order valence-electron chi connectivity index (χ4n) is 1.20. The van der Waals surface area contributed by atoms with Crippen molar-refractivity contribution in [3.05, 3.63) is 18.1 Å². The van der Waals surface area contributed by atoms with Crippen LogP contribution in [0.3, 0.4) is 0 Å². The smallest absolute Gasteiger partial charge is 0.144 e. The molecule has 0 atom stereocenters. The number of nitrogens with one attached hydrogen (secondary N) is 2. The van der Waals surface area contributed by atoms with Crippen molar-refractivity contribution >= 4 is 5.82 Å². The molecule has 0 unspecified atom stereocenters. The normalized spacial score (nSPS) is 11.5. The van der Waals surface area contributed by atoms with Crippen LogP contribution in [0.4, 0.5) is 5.82 Å². The molecule has 4 heteroatoms. The van der Waals surface area contributed by atoms with Gasteiger partial charge in [-0.3, -0.25) is 0 Å². The Balaban J connectivity index is 2.57. The highest BCUT2D eigenvalue weighted by atomic mass is 15.0. The van der Waals surface area contributed by atoms with Crippen LogP contribution in [0.5, 0.6) is 0 Å². The van der Waals surface area contributed by atoms with Crippen molar-refractivity contribution in [1.82, 2.24) is 15.3 Å². The zero-order chi connectivity index (χ0) is 12.0. The summed E-state index contributed by atoms with van der Waals surface area (Å²) in [5, 5.41) is 6.40. The topological polar surface area (TPSA) is 49.8 Å². The SMILES string of the molecule is CCC(C)(C)CNc1ccnc(CNC)n1. The zero-order valence-corrected chi connectivity index (χ0v) is 10.7. The third kappa shape index (κ3) is 4.14. The van der Waals surface area contributed by atoms with Crippen molar-refractivity contribution in [1.29, 1.82) is 0 Å². The van der Waals surface area contributed by atoms with Crippen LogP contribution in [0.15, 0.2) is 12.3 Å². The lowest BCUT2D eigenvalue weighted by atomic mass is 9.90. The second kappa shape index (κ2) is 5.80. The predicted molar refractivity (Wildman–Crippen MR) is 67.4 cm³/mol. The van der Waals surface area contributed by atoms with Crippen molar-refractivity contribution in [2.75, 3.05) is 18.9 Å². The molecule has 4 nitrogen and oxygen atoms in total. The monoisotopic (exact) mass is 222 g/mol. The van der Waals surface area contributed by atoms with Gasteiger partial charge in [-0.1, -0.05) is 20.8 Å². The molecule has 2 N–H and O–H groups in total. The van der Waals surface area contributed by atoms with Crippen LogP contribution in [0.2, 0.25) is 0 Å². The summed E-state index contributed by atoms with van der Waals surface area (Å²) in [7, 11) is 1.89. The van der Waals surface area contributed by atoms with Gasteiger partial charge in [0.2, 0.25) is 0 Å². The predicted octanol–water partition coefficient (Wildman–Crippen LogP) is 2.04. The van der Waals surface area contributed by atoms with E-state index in [4.69, 9.17) is 0 Å². The van der Waals surface area contributed by atoms with Crippen LogP contribution >= 0.6 is 0 Å². The van der Waals surface area contributed by atoms with Crippen molar-refractivity contribution < 1.29 is 0 Å². The third-order valence-electron chi connectivity index (χ3n) is 2.75. The molecule has 1 aromatic heterocycles. The highest BCUT2D eigenvalue weighted by Crippen LogP contribution is 2.19. The minimum atomic E-state index is 0.300. The van der Waals surface area contributed by atoms with E-state index in [2.05, 4.69) is 41.4 Å². The third-order valence-corrected chi connectivity index (χ3v) is 2.75. The van der Waals surface area contributed by atoms with Crippen LogP contribution in [-0.4, -0.2) is 23.6 Å². The van der Waals surface area contributed by atoms with E-state index in [1.807, 2.05) is 13.1 Å². The van der Waals surface area contributed by atoms with Gasteiger partial charge in [0.05, 0.1) is 6.54 Å². The lowest BCUT2D eigenvalue weighted by Gasteiger charge is -2.23. The quantitative estimate of drug-likeness (QED) is 0.773. The molecule has 90 valence electrons. The summed E-state index contributed by atoms with van der Waals surface area (Å²) in [5.41, 5.74) is 0.300. The van der Waals surface area contributed by atoms with Gasteiger partial charge in [-0.05, 0) is 24.9 Å². The van der Waals surface area contributed by atoms with E-state index < -0.39 is 0 Å². The van der Waals surface area contributed by atoms with Crippen LogP contribution in [0, 0.1) is 5.41 Å². The summed E-state index contributed by atoms with van der Waals surface area (Å²) in [4.78, 5) is 8.60. The first-order chi connectivity index (χ1) is 7.57.